The highest BCUT2D eigenvalue weighted by molar-refractivity contribution is 5.95. The molecule has 4 nitrogen and oxygen atoms in total. The number of nitrogens with zero attached hydrogens (tertiary/aromatic N) is 1. The van der Waals surface area contributed by atoms with E-state index in [1.54, 1.807) is 12.1 Å². The van der Waals surface area contributed by atoms with E-state index in [0.717, 1.165) is 30.0 Å². The average molecular weight is 192 g/mol. The summed E-state index contributed by atoms with van der Waals surface area (Å²) in [7, 11) is 0. The molecule has 1 heterocycles. The number of nitrogen functional groups attached to an aromatic ring is 1. The minimum atomic E-state index is 0.0787. The van der Waals surface area contributed by atoms with E-state index in [9.17, 15) is 0 Å². The molecule has 0 unspecified atom stereocenters. The molecule has 0 aliphatic carbocycles. The van der Waals surface area contributed by atoms with Crippen molar-refractivity contribution in [3.05, 3.63) is 23.4 Å². The van der Waals surface area contributed by atoms with Gasteiger partial charge in [-0.2, -0.15) is 0 Å². The topological polar surface area (TPSA) is 74.8 Å². The standard InChI is InChI=1S/C10H16N4/c1-3-4-13-9-6-8(10(11)12)5-7(2)14-9/h5-6H,3-4H2,1-2H3,(H3,11,12)(H,13,14). The lowest BCUT2D eigenvalue weighted by Crippen LogP contribution is -2.13. The van der Waals surface area contributed by atoms with E-state index in [-0.39, 0.29) is 5.84 Å². The van der Waals surface area contributed by atoms with Gasteiger partial charge >= 0.3 is 0 Å². The van der Waals surface area contributed by atoms with Gasteiger partial charge in [0.15, 0.2) is 0 Å². The fourth-order valence-electron chi connectivity index (χ4n) is 1.17. The number of aryl methyl sites for hydroxylation is 1. The van der Waals surface area contributed by atoms with Crippen molar-refractivity contribution in [1.29, 1.82) is 5.41 Å². The monoisotopic (exact) mass is 192 g/mol. The largest absolute Gasteiger partial charge is 0.384 e. The van der Waals surface area contributed by atoms with E-state index in [1.165, 1.54) is 0 Å². The lowest BCUT2D eigenvalue weighted by Gasteiger charge is -2.07. The van der Waals surface area contributed by atoms with Gasteiger partial charge in [0, 0.05) is 17.8 Å². The molecule has 4 heteroatoms. The summed E-state index contributed by atoms with van der Waals surface area (Å²) in [6.45, 7) is 4.87. The van der Waals surface area contributed by atoms with Gasteiger partial charge in [-0.25, -0.2) is 4.98 Å². The Bertz CT molecular complexity index is 333. The van der Waals surface area contributed by atoms with Crippen molar-refractivity contribution in [2.45, 2.75) is 20.3 Å². The Balaban J connectivity index is 2.89. The van der Waals surface area contributed by atoms with Crippen molar-refractivity contribution in [2.24, 2.45) is 5.73 Å². The summed E-state index contributed by atoms with van der Waals surface area (Å²) in [6, 6.07) is 3.60. The molecule has 0 saturated heterocycles. The number of nitrogens with one attached hydrogen (secondary N) is 2. The number of nitrogens with two attached hydrogens (primary N) is 1. The maximum Gasteiger partial charge on any atom is 0.126 e. The van der Waals surface area contributed by atoms with Crippen LogP contribution in [0.5, 0.6) is 0 Å². The second kappa shape index (κ2) is 4.60. The molecule has 0 bridgehead atoms. The number of amidine groups is 1. The van der Waals surface area contributed by atoms with Crippen molar-refractivity contribution >= 4 is 11.7 Å². The van der Waals surface area contributed by atoms with Crippen molar-refractivity contribution in [2.75, 3.05) is 11.9 Å². The van der Waals surface area contributed by atoms with Crippen LogP contribution in [-0.4, -0.2) is 17.4 Å². The molecule has 0 amide bonds. The van der Waals surface area contributed by atoms with Crippen molar-refractivity contribution in [3.63, 3.8) is 0 Å². The SMILES string of the molecule is CCCNc1cc(C(=N)N)cc(C)n1. The van der Waals surface area contributed by atoms with E-state index in [1.807, 2.05) is 6.92 Å². The maximum atomic E-state index is 7.33. The van der Waals surface area contributed by atoms with Gasteiger partial charge in [0.2, 0.25) is 0 Å². The Kier molecular flexibility index (Phi) is 3.45. The van der Waals surface area contributed by atoms with Gasteiger partial charge in [-0.1, -0.05) is 6.92 Å². The minimum absolute atomic E-state index is 0.0787. The summed E-state index contributed by atoms with van der Waals surface area (Å²) in [5.41, 5.74) is 7.00. The van der Waals surface area contributed by atoms with Crippen molar-refractivity contribution < 1.29 is 0 Å². The maximum absolute atomic E-state index is 7.33. The summed E-state index contributed by atoms with van der Waals surface area (Å²) in [5, 5.41) is 10.5. The third-order valence-corrected chi connectivity index (χ3v) is 1.82. The van der Waals surface area contributed by atoms with Crippen LogP contribution in [0.2, 0.25) is 0 Å². The zero-order valence-corrected chi connectivity index (χ0v) is 8.59. The number of rotatable bonds is 4. The molecular weight excluding hydrogens is 176 g/mol. The zero-order chi connectivity index (χ0) is 10.6. The van der Waals surface area contributed by atoms with Gasteiger partial charge < -0.3 is 11.1 Å². The van der Waals surface area contributed by atoms with Crippen LogP contribution in [0, 0.1) is 12.3 Å². The molecule has 0 saturated carbocycles. The third kappa shape index (κ3) is 2.73. The highest BCUT2D eigenvalue weighted by atomic mass is 15.0. The first kappa shape index (κ1) is 10.5. The van der Waals surface area contributed by atoms with Crippen LogP contribution in [0.1, 0.15) is 24.6 Å². The number of pyridine rings is 1. The zero-order valence-electron chi connectivity index (χ0n) is 8.59. The summed E-state index contributed by atoms with van der Waals surface area (Å²) in [4.78, 5) is 4.29. The Labute approximate surface area is 84.1 Å². The third-order valence-electron chi connectivity index (χ3n) is 1.82. The Morgan fingerprint density at radius 3 is 2.86 bits per heavy atom. The summed E-state index contributed by atoms with van der Waals surface area (Å²) in [5.74, 6) is 0.868. The molecule has 0 radical (unpaired) electrons. The molecule has 1 aromatic rings. The quantitative estimate of drug-likeness (QED) is 0.500. The highest BCUT2D eigenvalue weighted by Gasteiger charge is 2.01. The van der Waals surface area contributed by atoms with Gasteiger partial charge in [-0.05, 0) is 25.5 Å². The highest BCUT2D eigenvalue weighted by Crippen LogP contribution is 2.09. The van der Waals surface area contributed by atoms with E-state index in [2.05, 4.69) is 17.2 Å². The molecule has 1 aromatic heterocycles. The molecule has 1 rings (SSSR count). The average Bonchev–Trinajstić information content (AvgIpc) is 2.14. The van der Waals surface area contributed by atoms with Crippen LogP contribution in [-0.2, 0) is 0 Å². The molecule has 4 N–H and O–H groups in total. The molecule has 0 spiro atoms. The number of hydrogen-bond acceptors (Lipinski definition) is 3. The summed E-state index contributed by atoms with van der Waals surface area (Å²) < 4.78 is 0. The first-order valence-electron chi connectivity index (χ1n) is 4.70. The van der Waals surface area contributed by atoms with E-state index >= 15 is 0 Å². The molecule has 14 heavy (non-hydrogen) atoms. The van der Waals surface area contributed by atoms with Gasteiger partial charge in [-0.15, -0.1) is 0 Å². The second-order valence-electron chi connectivity index (χ2n) is 3.22. The Morgan fingerprint density at radius 2 is 2.29 bits per heavy atom. The molecule has 0 atom stereocenters. The van der Waals surface area contributed by atoms with Crippen LogP contribution in [0.15, 0.2) is 12.1 Å². The first-order valence-corrected chi connectivity index (χ1v) is 4.70. The van der Waals surface area contributed by atoms with E-state index < -0.39 is 0 Å². The fraction of sp³-hybridized carbons (Fsp3) is 0.400. The summed E-state index contributed by atoms with van der Waals surface area (Å²) in [6.07, 6.45) is 1.05. The number of aromatic nitrogens is 1. The first-order chi connectivity index (χ1) is 6.63. The lowest BCUT2D eigenvalue weighted by atomic mass is 10.2. The van der Waals surface area contributed by atoms with Crippen LogP contribution in [0.25, 0.3) is 0 Å². The normalized spacial score (nSPS) is 9.86. The number of anilines is 1. The van der Waals surface area contributed by atoms with E-state index in [4.69, 9.17) is 11.1 Å². The van der Waals surface area contributed by atoms with Crippen molar-refractivity contribution in [1.82, 2.24) is 4.98 Å². The van der Waals surface area contributed by atoms with Crippen LogP contribution in [0.3, 0.4) is 0 Å². The van der Waals surface area contributed by atoms with Gasteiger partial charge in [-0.3, -0.25) is 5.41 Å². The van der Waals surface area contributed by atoms with Crippen LogP contribution in [0.4, 0.5) is 5.82 Å². The Morgan fingerprint density at radius 1 is 1.57 bits per heavy atom. The lowest BCUT2D eigenvalue weighted by molar-refractivity contribution is 0.965. The molecule has 0 aromatic carbocycles. The molecule has 76 valence electrons. The van der Waals surface area contributed by atoms with Crippen LogP contribution >= 0.6 is 0 Å². The van der Waals surface area contributed by atoms with Crippen LogP contribution < -0.4 is 11.1 Å². The smallest absolute Gasteiger partial charge is 0.126 e. The second-order valence-corrected chi connectivity index (χ2v) is 3.22. The van der Waals surface area contributed by atoms with Crippen molar-refractivity contribution in [3.8, 4) is 0 Å². The predicted molar refractivity (Wildman–Crippen MR) is 58.8 cm³/mol. The molecular formula is C10H16N4. The molecule has 0 aliphatic heterocycles. The fourth-order valence-corrected chi connectivity index (χ4v) is 1.17. The number of hydrogen-bond donors (Lipinski definition) is 3. The minimum Gasteiger partial charge on any atom is -0.384 e. The summed E-state index contributed by atoms with van der Waals surface area (Å²) >= 11 is 0. The Hall–Kier alpha value is -1.58. The molecule has 0 aliphatic rings. The predicted octanol–water partition coefficient (Wildman–Crippen LogP) is 1.50. The van der Waals surface area contributed by atoms with E-state index in [0.29, 0.717) is 0 Å². The molecule has 0 fully saturated rings. The van der Waals surface area contributed by atoms with Gasteiger partial charge in [0.1, 0.15) is 11.7 Å². The van der Waals surface area contributed by atoms with Gasteiger partial charge in [0.25, 0.3) is 0 Å². The van der Waals surface area contributed by atoms with Gasteiger partial charge in [0.05, 0.1) is 0 Å².